The van der Waals surface area contributed by atoms with Crippen LogP contribution < -0.4 is 5.32 Å². The van der Waals surface area contributed by atoms with Gasteiger partial charge in [-0.25, -0.2) is 0 Å². The number of hydrogen-bond donors (Lipinski definition) is 2. The number of aromatic hydroxyl groups is 1. The first-order valence-electron chi connectivity index (χ1n) is 5.89. The smallest absolute Gasteiger partial charge is 0.136 e. The van der Waals surface area contributed by atoms with Gasteiger partial charge in [0.2, 0.25) is 0 Å². The minimum absolute atomic E-state index is 0. The summed E-state index contributed by atoms with van der Waals surface area (Å²) in [4.78, 5) is 2.26. The van der Waals surface area contributed by atoms with E-state index in [1.807, 2.05) is 6.08 Å². The molecule has 114 valence electrons. The van der Waals surface area contributed by atoms with Gasteiger partial charge in [-0.1, -0.05) is 17.7 Å². The van der Waals surface area contributed by atoms with Crippen LogP contribution >= 0.6 is 52.3 Å². The molecule has 1 aliphatic heterocycles. The van der Waals surface area contributed by atoms with Gasteiger partial charge in [0, 0.05) is 36.8 Å². The third kappa shape index (κ3) is 4.26. The molecule has 1 saturated heterocycles. The van der Waals surface area contributed by atoms with E-state index in [-0.39, 0.29) is 36.6 Å². The number of halogens is 4. The fourth-order valence-electron chi connectivity index (χ4n) is 2.25. The van der Waals surface area contributed by atoms with E-state index in [1.165, 1.54) is 0 Å². The molecule has 2 N–H and O–H groups in total. The van der Waals surface area contributed by atoms with Crippen molar-refractivity contribution in [3.8, 4) is 5.75 Å². The number of hydrogen-bond acceptors (Lipinski definition) is 3. The van der Waals surface area contributed by atoms with Crippen molar-refractivity contribution >= 4 is 52.3 Å². The van der Waals surface area contributed by atoms with Crippen LogP contribution in [0.2, 0.25) is 5.02 Å². The Balaban J connectivity index is 0.00000180. The van der Waals surface area contributed by atoms with Crippen molar-refractivity contribution in [2.24, 2.45) is 0 Å². The molecule has 0 bridgehead atoms. The molecule has 3 nitrogen and oxygen atoms in total. The van der Waals surface area contributed by atoms with Crippen molar-refractivity contribution in [3.05, 3.63) is 39.8 Å². The molecule has 7 heteroatoms. The van der Waals surface area contributed by atoms with E-state index in [0.29, 0.717) is 9.50 Å². The average Bonchev–Trinajstić information content (AvgIpc) is 2.40. The highest BCUT2D eigenvalue weighted by Gasteiger charge is 2.25. The molecule has 1 heterocycles. The molecule has 0 unspecified atom stereocenters. The summed E-state index contributed by atoms with van der Waals surface area (Å²) in [6, 6.07) is 3.48. The van der Waals surface area contributed by atoms with Crippen LogP contribution in [0.25, 0.3) is 0 Å². The van der Waals surface area contributed by atoms with Gasteiger partial charge in [-0.3, -0.25) is 4.90 Å². The predicted octanol–water partition coefficient (Wildman–Crippen LogP) is 3.78. The van der Waals surface area contributed by atoms with Crippen LogP contribution in [0.5, 0.6) is 5.75 Å². The number of nitrogens with zero attached hydrogens (tertiary/aromatic N) is 1. The Hall–Kier alpha value is 0.0300. The van der Waals surface area contributed by atoms with E-state index < -0.39 is 0 Å². The van der Waals surface area contributed by atoms with Gasteiger partial charge in [-0.05, 0) is 28.1 Å². The van der Waals surface area contributed by atoms with Crippen molar-refractivity contribution in [3.63, 3.8) is 0 Å². The van der Waals surface area contributed by atoms with E-state index in [2.05, 4.69) is 32.7 Å². The van der Waals surface area contributed by atoms with E-state index in [9.17, 15) is 5.11 Å². The molecule has 1 atom stereocenters. The summed E-state index contributed by atoms with van der Waals surface area (Å²) in [6.07, 6.45) is 1.83. The Kier molecular flexibility index (Phi) is 9.14. The Morgan fingerprint density at radius 3 is 2.50 bits per heavy atom. The van der Waals surface area contributed by atoms with Crippen LogP contribution in [0.4, 0.5) is 0 Å². The average molecular weight is 405 g/mol. The standard InChI is InChI=1S/C13H16BrClN2O.2ClH/c1-2-11(17-7-5-16-6-8-17)12-10(15)4-3-9(14)13(12)18;;/h2-4,11,16,18H,1,5-8H2;2*1H/t11-;;/m1../s1. The fraction of sp³-hybridized carbons (Fsp3) is 0.385. The SMILES string of the molecule is C=C[C@H](c1c(Cl)ccc(Br)c1O)N1CCNCC1.Cl.Cl. The monoisotopic (exact) mass is 402 g/mol. The highest BCUT2D eigenvalue weighted by molar-refractivity contribution is 9.10. The minimum atomic E-state index is -0.0582. The summed E-state index contributed by atoms with van der Waals surface area (Å²) in [5.41, 5.74) is 0.725. The second-order valence-corrected chi connectivity index (χ2v) is 5.52. The summed E-state index contributed by atoms with van der Waals surface area (Å²) >= 11 is 9.55. The lowest BCUT2D eigenvalue weighted by molar-refractivity contribution is 0.201. The van der Waals surface area contributed by atoms with Crippen LogP contribution in [-0.4, -0.2) is 36.2 Å². The lowest BCUT2D eigenvalue weighted by Gasteiger charge is -2.34. The van der Waals surface area contributed by atoms with E-state index in [4.69, 9.17) is 11.6 Å². The Morgan fingerprint density at radius 1 is 1.35 bits per heavy atom. The van der Waals surface area contributed by atoms with Gasteiger partial charge in [-0.15, -0.1) is 31.4 Å². The van der Waals surface area contributed by atoms with Crippen molar-refractivity contribution in [1.29, 1.82) is 0 Å². The van der Waals surface area contributed by atoms with Gasteiger partial charge < -0.3 is 10.4 Å². The second-order valence-electron chi connectivity index (χ2n) is 4.26. The van der Waals surface area contributed by atoms with Crippen LogP contribution in [0.15, 0.2) is 29.3 Å². The Bertz CT molecular complexity index is 453. The molecule has 0 saturated carbocycles. The summed E-state index contributed by atoms with van der Waals surface area (Å²) < 4.78 is 0.656. The first-order chi connectivity index (χ1) is 8.65. The summed E-state index contributed by atoms with van der Waals surface area (Å²) in [5, 5.41) is 14.1. The van der Waals surface area contributed by atoms with Gasteiger partial charge >= 0.3 is 0 Å². The lowest BCUT2D eigenvalue weighted by atomic mass is 10.0. The third-order valence-corrected chi connectivity index (χ3v) is 4.15. The van der Waals surface area contributed by atoms with Crippen molar-refractivity contribution < 1.29 is 5.11 Å². The second kappa shape index (κ2) is 9.13. The molecule has 1 fully saturated rings. The number of rotatable bonds is 3. The van der Waals surface area contributed by atoms with E-state index in [1.54, 1.807) is 12.1 Å². The zero-order valence-electron chi connectivity index (χ0n) is 10.8. The zero-order valence-corrected chi connectivity index (χ0v) is 14.8. The van der Waals surface area contributed by atoms with Crippen molar-refractivity contribution in [1.82, 2.24) is 10.2 Å². The van der Waals surface area contributed by atoms with Crippen LogP contribution in [0.1, 0.15) is 11.6 Å². The fourth-order valence-corrected chi connectivity index (χ4v) is 2.86. The largest absolute Gasteiger partial charge is 0.506 e. The van der Waals surface area contributed by atoms with Gasteiger partial charge in [0.05, 0.1) is 10.5 Å². The Labute approximate surface area is 145 Å². The normalized spacial score (nSPS) is 16.7. The molecule has 0 spiro atoms. The molecule has 0 aliphatic carbocycles. The number of nitrogens with one attached hydrogen (secondary N) is 1. The van der Waals surface area contributed by atoms with Gasteiger partial charge in [-0.2, -0.15) is 0 Å². The number of phenols is 1. The van der Waals surface area contributed by atoms with Crippen LogP contribution in [-0.2, 0) is 0 Å². The molecule has 1 aliphatic rings. The highest BCUT2D eigenvalue weighted by atomic mass is 79.9. The number of phenolic OH excluding ortho intramolecular Hbond substituents is 1. The quantitative estimate of drug-likeness (QED) is 0.753. The van der Waals surface area contributed by atoms with Gasteiger partial charge in [0.15, 0.2) is 0 Å². The molecule has 0 amide bonds. The molecular weight excluding hydrogens is 386 g/mol. The third-order valence-electron chi connectivity index (χ3n) is 3.18. The summed E-state index contributed by atoms with van der Waals surface area (Å²) in [6.45, 7) is 7.59. The topological polar surface area (TPSA) is 35.5 Å². The van der Waals surface area contributed by atoms with E-state index in [0.717, 1.165) is 31.7 Å². The molecule has 20 heavy (non-hydrogen) atoms. The van der Waals surface area contributed by atoms with Crippen LogP contribution in [0, 0.1) is 0 Å². The minimum Gasteiger partial charge on any atom is -0.506 e. The summed E-state index contributed by atoms with van der Waals surface area (Å²) in [7, 11) is 0. The van der Waals surface area contributed by atoms with Crippen molar-refractivity contribution in [2.45, 2.75) is 6.04 Å². The number of benzene rings is 1. The van der Waals surface area contributed by atoms with E-state index >= 15 is 0 Å². The van der Waals surface area contributed by atoms with Crippen molar-refractivity contribution in [2.75, 3.05) is 26.2 Å². The zero-order chi connectivity index (χ0) is 13.1. The van der Waals surface area contributed by atoms with Crippen LogP contribution in [0.3, 0.4) is 0 Å². The molecular formula is C13H18BrCl3N2O. The molecule has 1 aromatic rings. The van der Waals surface area contributed by atoms with Gasteiger partial charge in [0.1, 0.15) is 5.75 Å². The van der Waals surface area contributed by atoms with Gasteiger partial charge in [0.25, 0.3) is 0 Å². The maximum Gasteiger partial charge on any atom is 0.136 e. The highest BCUT2D eigenvalue weighted by Crippen LogP contribution is 2.39. The predicted molar refractivity (Wildman–Crippen MR) is 92.7 cm³/mol. The summed E-state index contributed by atoms with van der Waals surface area (Å²) in [5.74, 6) is 0.200. The molecule has 0 aromatic heterocycles. The first kappa shape index (κ1) is 20.0. The Morgan fingerprint density at radius 2 is 1.95 bits per heavy atom. The number of piperazine rings is 1. The maximum atomic E-state index is 10.2. The lowest BCUT2D eigenvalue weighted by Crippen LogP contribution is -2.44. The first-order valence-corrected chi connectivity index (χ1v) is 7.06. The maximum absolute atomic E-state index is 10.2. The molecule has 1 aromatic carbocycles. The molecule has 0 radical (unpaired) electrons. The molecule has 2 rings (SSSR count).